The number of pyridine rings is 1. The van der Waals surface area contributed by atoms with Crippen LogP contribution in [0.25, 0.3) is 16.6 Å². The Morgan fingerprint density at radius 3 is 2.39 bits per heavy atom. The predicted octanol–water partition coefficient (Wildman–Crippen LogP) is 5.90. The lowest BCUT2D eigenvalue weighted by molar-refractivity contribution is -0.137. The Kier molecular flexibility index (Phi) is 5.20. The van der Waals surface area contributed by atoms with Crippen molar-refractivity contribution in [2.75, 3.05) is 16.4 Å². The first-order valence-electron chi connectivity index (χ1n) is 8.99. The number of fused-ring (bicyclic) bond motifs is 1. The first-order valence-corrected chi connectivity index (χ1v) is 9.37. The normalized spacial score (nSPS) is 11.5. The molecule has 0 aliphatic rings. The number of amides is 2. The number of aromatic nitrogens is 2. The number of nitrogen functional groups attached to an aromatic ring is 1. The Labute approximate surface area is 179 Å². The molecule has 2 heterocycles. The van der Waals surface area contributed by atoms with Crippen molar-refractivity contribution in [1.82, 2.24) is 9.38 Å². The zero-order valence-electron chi connectivity index (χ0n) is 15.7. The van der Waals surface area contributed by atoms with Crippen molar-refractivity contribution in [1.29, 1.82) is 0 Å². The molecule has 2 aromatic heterocycles. The van der Waals surface area contributed by atoms with Crippen LogP contribution in [0.2, 0.25) is 5.02 Å². The van der Waals surface area contributed by atoms with Crippen LogP contribution in [0.1, 0.15) is 5.56 Å². The maximum absolute atomic E-state index is 12.8. The van der Waals surface area contributed by atoms with E-state index in [1.54, 1.807) is 22.7 Å². The maximum Gasteiger partial charge on any atom is 0.417 e. The van der Waals surface area contributed by atoms with Crippen molar-refractivity contribution in [2.24, 2.45) is 0 Å². The maximum atomic E-state index is 12.8. The summed E-state index contributed by atoms with van der Waals surface area (Å²) >= 11 is 5.67. The number of nitrogens with zero attached hydrogens (tertiary/aromatic N) is 2. The summed E-state index contributed by atoms with van der Waals surface area (Å²) in [7, 11) is 0. The molecule has 2 amide bonds. The van der Waals surface area contributed by atoms with Gasteiger partial charge in [0.25, 0.3) is 0 Å². The Morgan fingerprint density at radius 2 is 1.71 bits per heavy atom. The van der Waals surface area contributed by atoms with E-state index < -0.39 is 22.8 Å². The van der Waals surface area contributed by atoms with Crippen molar-refractivity contribution >= 4 is 40.5 Å². The topological polar surface area (TPSA) is 84.4 Å². The van der Waals surface area contributed by atoms with Crippen molar-refractivity contribution in [3.8, 4) is 11.1 Å². The molecule has 0 atom stereocenters. The van der Waals surface area contributed by atoms with Gasteiger partial charge in [-0.1, -0.05) is 29.8 Å². The lowest BCUT2D eigenvalue weighted by Crippen LogP contribution is -2.19. The number of benzene rings is 2. The minimum atomic E-state index is -4.56. The molecular formula is C21H15ClF3N5O. The van der Waals surface area contributed by atoms with Crippen LogP contribution in [0.4, 0.5) is 35.3 Å². The number of hydrogen-bond acceptors (Lipinski definition) is 3. The summed E-state index contributed by atoms with van der Waals surface area (Å²) < 4.78 is 40.1. The van der Waals surface area contributed by atoms with Crippen molar-refractivity contribution in [3.05, 3.63) is 77.6 Å². The Balaban J connectivity index is 1.47. The number of carbonyl (C=O) groups is 1. The number of hydrogen-bond donors (Lipinski definition) is 3. The zero-order valence-corrected chi connectivity index (χ0v) is 16.5. The van der Waals surface area contributed by atoms with Gasteiger partial charge >= 0.3 is 12.2 Å². The van der Waals surface area contributed by atoms with Crippen LogP contribution in [0.3, 0.4) is 0 Å². The number of imidazole rings is 1. The minimum absolute atomic E-state index is 0.136. The van der Waals surface area contributed by atoms with E-state index >= 15 is 0 Å². The summed E-state index contributed by atoms with van der Waals surface area (Å²) in [6, 6.07) is 13.2. The Bertz CT molecular complexity index is 1270. The molecular weight excluding hydrogens is 431 g/mol. The predicted molar refractivity (Wildman–Crippen MR) is 114 cm³/mol. The highest BCUT2D eigenvalue weighted by atomic mass is 35.5. The summed E-state index contributed by atoms with van der Waals surface area (Å²) in [6.45, 7) is 0. The molecule has 0 spiro atoms. The van der Waals surface area contributed by atoms with E-state index in [0.29, 0.717) is 11.6 Å². The summed E-state index contributed by atoms with van der Waals surface area (Å²) in [5.74, 6) is 0.384. The lowest BCUT2D eigenvalue weighted by atomic mass is 10.1. The van der Waals surface area contributed by atoms with E-state index in [1.165, 1.54) is 0 Å². The summed E-state index contributed by atoms with van der Waals surface area (Å²) in [4.78, 5) is 16.3. The van der Waals surface area contributed by atoms with Gasteiger partial charge in [-0.2, -0.15) is 13.2 Å². The molecule has 2 aromatic carbocycles. The number of rotatable bonds is 3. The second kappa shape index (κ2) is 7.84. The highest BCUT2D eigenvalue weighted by molar-refractivity contribution is 6.31. The van der Waals surface area contributed by atoms with Gasteiger partial charge in [-0.15, -0.1) is 0 Å². The molecule has 0 aliphatic heterocycles. The third-order valence-electron chi connectivity index (χ3n) is 4.59. The van der Waals surface area contributed by atoms with E-state index in [0.717, 1.165) is 34.8 Å². The molecule has 31 heavy (non-hydrogen) atoms. The molecule has 0 aliphatic carbocycles. The second-order valence-corrected chi connectivity index (χ2v) is 7.05. The quantitative estimate of drug-likeness (QED) is 0.367. The van der Waals surface area contributed by atoms with Crippen LogP contribution in [0.15, 0.2) is 67.0 Å². The third-order valence-corrected chi connectivity index (χ3v) is 4.90. The second-order valence-electron chi connectivity index (χ2n) is 6.64. The summed E-state index contributed by atoms with van der Waals surface area (Å²) in [6.07, 6.45) is -1.07. The summed E-state index contributed by atoms with van der Waals surface area (Å²) in [5.41, 5.74) is 8.16. The van der Waals surface area contributed by atoms with E-state index in [-0.39, 0.29) is 5.69 Å². The van der Waals surface area contributed by atoms with Crippen LogP contribution < -0.4 is 16.4 Å². The average Bonchev–Trinajstić information content (AvgIpc) is 3.09. The molecule has 0 radical (unpaired) electrons. The number of anilines is 3. The Morgan fingerprint density at radius 1 is 1.03 bits per heavy atom. The molecule has 0 saturated heterocycles. The zero-order chi connectivity index (χ0) is 22.2. The largest absolute Gasteiger partial charge is 0.417 e. The molecule has 4 aromatic rings. The number of halogens is 4. The van der Waals surface area contributed by atoms with E-state index in [9.17, 15) is 18.0 Å². The molecule has 158 valence electrons. The van der Waals surface area contributed by atoms with Gasteiger partial charge in [0.2, 0.25) is 5.95 Å². The number of nitrogens with one attached hydrogen (secondary N) is 2. The van der Waals surface area contributed by atoms with E-state index in [1.807, 2.05) is 30.5 Å². The molecule has 6 nitrogen and oxygen atoms in total. The van der Waals surface area contributed by atoms with Crippen molar-refractivity contribution in [2.45, 2.75) is 6.18 Å². The highest BCUT2D eigenvalue weighted by Crippen LogP contribution is 2.36. The monoisotopic (exact) mass is 445 g/mol. The third kappa shape index (κ3) is 4.26. The molecule has 0 fully saturated rings. The smallest absolute Gasteiger partial charge is 0.369 e. The first kappa shape index (κ1) is 20.5. The molecule has 0 bridgehead atoms. The van der Waals surface area contributed by atoms with Gasteiger partial charge in [0.1, 0.15) is 0 Å². The van der Waals surface area contributed by atoms with Crippen LogP contribution >= 0.6 is 11.6 Å². The number of carbonyl (C=O) groups excluding carboxylic acids is 1. The minimum Gasteiger partial charge on any atom is -0.369 e. The van der Waals surface area contributed by atoms with Crippen LogP contribution in [-0.2, 0) is 6.18 Å². The van der Waals surface area contributed by atoms with Crippen LogP contribution in [0, 0.1) is 0 Å². The van der Waals surface area contributed by atoms with Gasteiger partial charge < -0.3 is 16.4 Å². The van der Waals surface area contributed by atoms with Gasteiger partial charge in [0.05, 0.1) is 22.3 Å². The molecule has 4 N–H and O–H groups in total. The first-order chi connectivity index (χ1) is 14.7. The number of urea groups is 1. The van der Waals surface area contributed by atoms with Crippen LogP contribution in [-0.4, -0.2) is 15.4 Å². The van der Waals surface area contributed by atoms with Gasteiger partial charge in [0.15, 0.2) is 0 Å². The molecule has 0 unspecified atom stereocenters. The van der Waals surface area contributed by atoms with E-state index in [4.69, 9.17) is 17.3 Å². The Hall–Kier alpha value is -3.72. The number of nitrogens with two attached hydrogens (primary N) is 1. The van der Waals surface area contributed by atoms with Gasteiger partial charge in [-0.25, -0.2) is 9.78 Å². The summed E-state index contributed by atoms with van der Waals surface area (Å²) in [5, 5.41) is 4.58. The highest BCUT2D eigenvalue weighted by Gasteiger charge is 2.33. The van der Waals surface area contributed by atoms with Crippen LogP contribution in [0.5, 0.6) is 0 Å². The fourth-order valence-corrected chi connectivity index (χ4v) is 3.42. The van der Waals surface area contributed by atoms with Gasteiger partial charge in [0, 0.05) is 23.1 Å². The van der Waals surface area contributed by atoms with Crippen molar-refractivity contribution in [3.63, 3.8) is 0 Å². The standard InChI is InChI=1S/C21H15ClF3N5O/c22-17-10-14(7-8-16(17)21(23,24)25)29-20(31)28-13-5-3-12(4-6-13)15-2-1-9-30-18(15)11-27-19(30)26/h1-11H,(H2,26,27)(H2,28,29,31). The fraction of sp³-hybridized carbons (Fsp3) is 0.0476. The lowest BCUT2D eigenvalue weighted by Gasteiger charge is -2.12. The van der Waals surface area contributed by atoms with Gasteiger partial charge in [-0.05, 0) is 42.0 Å². The molecule has 10 heteroatoms. The number of alkyl halides is 3. The van der Waals surface area contributed by atoms with E-state index in [2.05, 4.69) is 15.6 Å². The average molecular weight is 446 g/mol. The SMILES string of the molecule is Nc1ncc2c(-c3ccc(NC(=O)Nc4ccc(C(F)(F)F)c(Cl)c4)cc3)cccn12. The van der Waals surface area contributed by atoms with Gasteiger partial charge in [-0.3, -0.25) is 4.40 Å². The molecule has 4 rings (SSSR count). The molecule has 0 saturated carbocycles. The fourth-order valence-electron chi connectivity index (χ4n) is 3.14. The van der Waals surface area contributed by atoms with Crippen molar-refractivity contribution < 1.29 is 18.0 Å².